The zero-order valence-electron chi connectivity index (χ0n) is 18.2. The standard InChI is InChI=1S/C24H20FN3O5S/c1-14-6-7-16-17(12-14)22(31)27(21(16)30)10-8-20(29)26-9-11-28-23(32)19(34-24(28)33)13-15-4-2-3-5-18(15)25/h2-7,12-13H,8-11H2,1H3,(H,26,29)/b19-13-. The zero-order chi connectivity index (χ0) is 24.4. The first kappa shape index (κ1) is 23.4. The minimum Gasteiger partial charge on any atom is -0.354 e. The van der Waals surface area contributed by atoms with E-state index < -0.39 is 34.7 Å². The van der Waals surface area contributed by atoms with Crippen molar-refractivity contribution >= 4 is 46.7 Å². The van der Waals surface area contributed by atoms with Crippen LogP contribution in [-0.2, 0) is 9.59 Å². The van der Waals surface area contributed by atoms with Crippen LogP contribution in [0.25, 0.3) is 6.08 Å². The molecule has 4 rings (SSSR count). The second-order valence-corrected chi connectivity index (χ2v) is 8.76. The number of carbonyl (C=O) groups excluding carboxylic acids is 5. The van der Waals surface area contributed by atoms with Crippen molar-refractivity contribution in [3.63, 3.8) is 0 Å². The van der Waals surface area contributed by atoms with Gasteiger partial charge in [0.15, 0.2) is 0 Å². The summed E-state index contributed by atoms with van der Waals surface area (Å²) in [5.74, 6) is -2.37. The van der Waals surface area contributed by atoms with Crippen LogP contribution in [0.3, 0.4) is 0 Å². The van der Waals surface area contributed by atoms with Crippen LogP contribution in [-0.4, -0.2) is 58.3 Å². The summed E-state index contributed by atoms with van der Waals surface area (Å²) in [4.78, 5) is 63.9. The lowest BCUT2D eigenvalue weighted by Crippen LogP contribution is -2.39. The summed E-state index contributed by atoms with van der Waals surface area (Å²) in [5.41, 5.74) is 1.70. The van der Waals surface area contributed by atoms with Crippen molar-refractivity contribution in [2.24, 2.45) is 0 Å². The van der Waals surface area contributed by atoms with Crippen molar-refractivity contribution in [1.82, 2.24) is 15.1 Å². The predicted octanol–water partition coefficient (Wildman–Crippen LogP) is 2.97. The van der Waals surface area contributed by atoms with Crippen LogP contribution in [0.4, 0.5) is 9.18 Å². The molecule has 0 saturated carbocycles. The number of imide groups is 2. The van der Waals surface area contributed by atoms with Gasteiger partial charge >= 0.3 is 0 Å². The fraction of sp³-hybridized carbons (Fsp3) is 0.208. The Morgan fingerprint density at radius 2 is 1.71 bits per heavy atom. The van der Waals surface area contributed by atoms with Gasteiger partial charge in [-0.3, -0.25) is 33.8 Å². The van der Waals surface area contributed by atoms with Gasteiger partial charge in [0.25, 0.3) is 23.0 Å². The van der Waals surface area contributed by atoms with Crippen molar-refractivity contribution in [2.75, 3.05) is 19.6 Å². The van der Waals surface area contributed by atoms with Gasteiger partial charge in [-0.1, -0.05) is 29.8 Å². The van der Waals surface area contributed by atoms with Crippen LogP contribution in [0, 0.1) is 12.7 Å². The Labute approximate surface area is 198 Å². The number of rotatable bonds is 7. The third-order valence-corrected chi connectivity index (χ3v) is 6.32. The number of halogens is 1. The fourth-order valence-electron chi connectivity index (χ4n) is 3.64. The average molecular weight is 482 g/mol. The van der Waals surface area contributed by atoms with Crippen molar-refractivity contribution in [3.8, 4) is 0 Å². The van der Waals surface area contributed by atoms with Crippen molar-refractivity contribution < 1.29 is 28.4 Å². The molecule has 2 aromatic carbocycles. The normalized spacial score (nSPS) is 16.6. The van der Waals surface area contributed by atoms with Gasteiger partial charge in [-0.2, -0.15) is 0 Å². The number of hydrogen-bond donors (Lipinski definition) is 1. The summed E-state index contributed by atoms with van der Waals surface area (Å²) >= 11 is 0.704. The Morgan fingerprint density at radius 1 is 0.971 bits per heavy atom. The molecule has 0 aliphatic carbocycles. The van der Waals surface area contributed by atoms with Crippen molar-refractivity contribution in [1.29, 1.82) is 0 Å². The molecule has 8 nitrogen and oxygen atoms in total. The number of hydrogen-bond acceptors (Lipinski definition) is 6. The number of fused-ring (bicyclic) bond motifs is 1. The van der Waals surface area contributed by atoms with Gasteiger partial charge in [0.1, 0.15) is 5.82 Å². The summed E-state index contributed by atoms with van der Waals surface area (Å²) in [6.45, 7) is 1.69. The molecule has 34 heavy (non-hydrogen) atoms. The number of carbonyl (C=O) groups is 5. The Hall–Kier alpha value is -3.79. The van der Waals surface area contributed by atoms with Crippen LogP contribution in [0.2, 0.25) is 0 Å². The molecule has 0 atom stereocenters. The average Bonchev–Trinajstić information content (AvgIpc) is 3.20. The molecule has 1 saturated heterocycles. The predicted molar refractivity (Wildman–Crippen MR) is 123 cm³/mol. The first-order valence-corrected chi connectivity index (χ1v) is 11.3. The van der Waals surface area contributed by atoms with Gasteiger partial charge in [0, 0.05) is 31.6 Å². The molecule has 10 heteroatoms. The molecule has 5 amide bonds. The highest BCUT2D eigenvalue weighted by molar-refractivity contribution is 8.18. The second-order valence-electron chi connectivity index (χ2n) is 7.77. The Bertz CT molecular complexity index is 1260. The molecule has 0 spiro atoms. The second kappa shape index (κ2) is 9.60. The molecular weight excluding hydrogens is 461 g/mol. The monoisotopic (exact) mass is 481 g/mol. The number of nitrogens with zero attached hydrogens (tertiary/aromatic N) is 2. The molecule has 0 bridgehead atoms. The van der Waals surface area contributed by atoms with E-state index in [0.29, 0.717) is 22.9 Å². The Kier molecular flexibility index (Phi) is 6.60. The van der Waals surface area contributed by atoms with Crippen LogP contribution in [0.15, 0.2) is 47.4 Å². The summed E-state index contributed by atoms with van der Waals surface area (Å²) in [6, 6.07) is 10.9. The SMILES string of the molecule is Cc1ccc2c(c1)C(=O)N(CCC(=O)NCCN1C(=O)S/C(=C\c3ccccc3F)C1=O)C2=O. The van der Waals surface area contributed by atoms with E-state index in [1.807, 2.05) is 6.92 Å². The van der Waals surface area contributed by atoms with E-state index in [1.165, 1.54) is 24.3 Å². The lowest BCUT2D eigenvalue weighted by atomic mass is 10.1. The third-order valence-electron chi connectivity index (χ3n) is 5.41. The molecular formula is C24H20FN3O5S. The van der Waals surface area contributed by atoms with Crippen LogP contribution < -0.4 is 5.32 Å². The lowest BCUT2D eigenvalue weighted by molar-refractivity contribution is -0.124. The largest absolute Gasteiger partial charge is 0.354 e. The van der Waals surface area contributed by atoms with E-state index in [-0.39, 0.29) is 36.5 Å². The minimum absolute atomic E-state index is 0.00512. The van der Waals surface area contributed by atoms with E-state index >= 15 is 0 Å². The lowest BCUT2D eigenvalue weighted by Gasteiger charge is -2.15. The van der Waals surface area contributed by atoms with Gasteiger partial charge in [-0.05, 0) is 43.0 Å². The molecule has 0 radical (unpaired) electrons. The van der Waals surface area contributed by atoms with Crippen molar-refractivity contribution in [2.45, 2.75) is 13.3 Å². The summed E-state index contributed by atoms with van der Waals surface area (Å²) in [5, 5.41) is 2.07. The molecule has 2 aliphatic heterocycles. The minimum atomic E-state index is -0.561. The summed E-state index contributed by atoms with van der Waals surface area (Å²) < 4.78 is 13.8. The highest BCUT2D eigenvalue weighted by atomic mass is 32.2. The van der Waals surface area contributed by atoms with Gasteiger partial charge in [-0.25, -0.2) is 4.39 Å². The van der Waals surface area contributed by atoms with Gasteiger partial charge in [-0.15, -0.1) is 0 Å². The van der Waals surface area contributed by atoms with E-state index in [9.17, 15) is 28.4 Å². The molecule has 2 aliphatic rings. The number of nitrogens with one attached hydrogen (secondary N) is 1. The molecule has 2 heterocycles. The fourth-order valence-corrected chi connectivity index (χ4v) is 4.50. The molecule has 0 unspecified atom stereocenters. The highest BCUT2D eigenvalue weighted by Gasteiger charge is 2.36. The summed E-state index contributed by atoms with van der Waals surface area (Å²) in [7, 11) is 0. The van der Waals surface area contributed by atoms with Crippen LogP contribution >= 0.6 is 11.8 Å². The maximum absolute atomic E-state index is 13.8. The number of amides is 5. The quantitative estimate of drug-likeness (QED) is 0.482. The van der Waals surface area contributed by atoms with E-state index in [4.69, 9.17) is 0 Å². The van der Waals surface area contributed by atoms with E-state index in [2.05, 4.69) is 5.32 Å². The first-order valence-electron chi connectivity index (χ1n) is 10.5. The van der Waals surface area contributed by atoms with Crippen LogP contribution in [0.1, 0.15) is 38.3 Å². The number of benzene rings is 2. The number of aryl methyl sites for hydroxylation is 1. The maximum Gasteiger partial charge on any atom is 0.293 e. The summed E-state index contributed by atoms with van der Waals surface area (Å²) in [6.07, 6.45) is 1.21. The number of thioether (sulfide) groups is 1. The van der Waals surface area contributed by atoms with Crippen molar-refractivity contribution in [3.05, 3.63) is 75.4 Å². The first-order chi connectivity index (χ1) is 16.3. The zero-order valence-corrected chi connectivity index (χ0v) is 19.0. The topological polar surface area (TPSA) is 104 Å². The third kappa shape index (κ3) is 4.62. The Morgan fingerprint density at radius 3 is 2.47 bits per heavy atom. The highest BCUT2D eigenvalue weighted by Crippen LogP contribution is 2.32. The van der Waals surface area contributed by atoms with Gasteiger partial charge in [0.05, 0.1) is 16.0 Å². The van der Waals surface area contributed by atoms with Gasteiger partial charge < -0.3 is 5.32 Å². The van der Waals surface area contributed by atoms with Crippen LogP contribution in [0.5, 0.6) is 0 Å². The molecule has 2 aromatic rings. The molecule has 174 valence electrons. The Balaban J connectivity index is 1.27. The molecule has 0 aromatic heterocycles. The smallest absolute Gasteiger partial charge is 0.293 e. The van der Waals surface area contributed by atoms with E-state index in [0.717, 1.165) is 15.4 Å². The van der Waals surface area contributed by atoms with Gasteiger partial charge in [0.2, 0.25) is 5.91 Å². The molecule has 1 N–H and O–H groups in total. The maximum atomic E-state index is 13.8. The van der Waals surface area contributed by atoms with E-state index in [1.54, 1.807) is 24.3 Å². The molecule has 1 fully saturated rings.